The number of piperidine rings is 1. The molecule has 1 saturated heterocycles. The molecule has 3 heterocycles. The Kier molecular flexibility index (Phi) is 7.14. The van der Waals surface area contributed by atoms with Gasteiger partial charge in [0.2, 0.25) is 15.9 Å². The molecule has 2 aromatic heterocycles. The van der Waals surface area contributed by atoms with Gasteiger partial charge in [-0.15, -0.1) is 0 Å². The number of likely N-dealkylation sites (tertiary alicyclic amines) is 1. The van der Waals surface area contributed by atoms with E-state index in [9.17, 15) is 13.2 Å². The first-order valence-corrected chi connectivity index (χ1v) is 13.2. The molecule has 33 heavy (non-hydrogen) atoms. The standard InChI is InChI=1S/C25H32N4O3S/c1-3-29(4-2)33(31,32)21-10-7-19(8-11-21)9-12-24(30)28-16-13-20(14-17-28)23-18-27-25-22(23)6-5-15-26-25/h5-8,10-11,15,18,20H,3-4,9,12-14,16-17H2,1-2H3,(H,26,27). The number of benzene rings is 1. The van der Waals surface area contributed by atoms with E-state index in [2.05, 4.69) is 22.2 Å². The number of amides is 1. The minimum absolute atomic E-state index is 0.161. The first-order valence-electron chi connectivity index (χ1n) is 11.7. The molecule has 1 N–H and O–H groups in total. The summed E-state index contributed by atoms with van der Waals surface area (Å²) in [6.07, 6.45) is 6.80. The lowest BCUT2D eigenvalue weighted by atomic mass is 9.89. The fourth-order valence-electron chi connectivity index (χ4n) is 4.70. The van der Waals surface area contributed by atoms with E-state index in [1.54, 1.807) is 18.3 Å². The van der Waals surface area contributed by atoms with Gasteiger partial charge in [-0.1, -0.05) is 26.0 Å². The second-order valence-corrected chi connectivity index (χ2v) is 10.5. The highest BCUT2D eigenvalue weighted by Crippen LogP contribution is 2.32. The van der Waals surface area contributed by atoms with Gasteiger partial charge in [0.05, 0.1) is 4.90 Å². The van der Waals surface area contributed by atoms with Crippen molar-refractivity contribution in [3.8, 4) is 0 Å². The summed E-state index contributed by atoms with van der Waals surface area (Å²) in [6.45, 7) is 6.09. The summed E-state index contributed by atoms with van der Waals surface area (Å²) in [7, 11) is -3.45. The molecule has 1 fully saturated rings. The van der Waals surface area contributed by atoms with Gasteiger partial charge < -0.3 is 9.88 Å². The van der Waals surface area contributed by atoms with E-state index in [1.807, 2.05) is 36.9 Å². The number of sulfonamides is 1. The monoisotopic (exact) mass is 468 g/mol. The highest BCUT2D eigenvalue weighted by Gasteiger charge is 2.25. The molecule has 3 aromatic rings. The quantitative estimate of drug-likeness (QED) is 0.543. The molecule has 0 aliphatic carbocycles. The van der Waals surface area contributed by atoms with Crippen molar-refractivity contribution >= 4 is 27.0 Å². The molecule has 1 aliphatic rings. The zero-order valence-electron chi connectivity index (χ0n) is 19.3. The predicted octanol–water partition coefficient (Wildman–Crippen LogP) is 3.93. The number of nitrogens with one attached hydrogen (secondary N) is 1. The summed E-state index contributed by atoms with van der Waals surface area (Å²) in [5, 5.41) is 1.17. The molecule has 0 unspecified atom stereocenters. The summed E-state index contributed by atoms with van der Waals surface area (Å²) in [5.74, 6) is 0.598. The lowest BCUT2D eigenvalue weighted by Gasteiger charge is -2.32. The molecule has 1 amide bonds. The zero-order valence-corrected chi connectivity index (χ0v) is 20.1. The van der Waals surface area contributed by atoms with Crippen molar-refractivity contribution in [1.82, 2.24) is 19.2 Å². The molecule has 1 aromatic carbocycles. The number of fused-ring (bicyclic) bond motifs is 1. The summed E-state index contributed by atoms with van der Waals surface area (Å²) in [5.41, 5.74) is 3.19. The Labute approximate surface area is 195 Å². The van der Waals surface area contributed by atoms with E-state index in [4.69, 9.17) is 0 Å². The van der Waals surface area contributed by atoms with Crippen LogP contribution < -0.4 is 0 Å². The van der Waals surface area contributed by atoms with E-state index >= 15 is 0 Å². The van der Waals surface area contributed by atoms with Crippen molar-refractivity contribution in [2.75, 3.05) is 26.2 Å². The lowest BCUT2D eigenvalue weighted by molar-refractivity contribution is -0.132. The van der Waals surface area contributed by atoms with Crippen LogP contribution in [0.5, 0.6) is 0 Å². The molecule has 0 bridgehead atoms. The average Bonchev–Trinajstić information content (AvgIpc) is 3.28. The van der Waals surface area contributed by atoms with Crippen LogP contribution in [-0.4, -0.2) is 59.7 Å². The highest BCUT2D eigenvalue weighted by atomic mass is 32.2. The van der Waals surface area contributed by atoms with Gasteiger partial charge in [0, 0.05) is 50.4 Å². The van der Waals surface area contributed by atoms with Crippen molar-refractivity contribution in [2.45, 2.75) is 50.3 Å². The summed E-state index contributed by atoms with van der Waals surface area (Å²) >= 11 is 0. The van der Waals surface area contributed by atoms with Crippen molar-refractivity contribution in [1.29, 1.82) is 0 Å². The first-order chi connectivity index (χ1) is 15.9. The molecule has 4 rings (SSSR count). The SMILES string of the molecule is CCN(CC)S(=O)(=O)c1ccc(CCC(=O)N2CCC(c3c[nH]c4ncccc34)CC2)cc1. The number of H-pyrrole nitrogens is 1. The fourth-order valence-corrected chi connectivity index (χ4v) is 6.16. The highest BCUT2D eigenvalue weighted by molar-refractivity contribution is 7.89. The number of hydrogen-bond donors (Lipinski definition) is 1. The topological polar surface area (TPSA) is 86.4 Å². The van der Waals surface area contributed by atoms with Gasteiger partial charge in [0.1, 0.15) is 5.65 Å². The second kappa shape index (κ2) is 10.1. The Balaban J connectivity index is 1.30. The van der Waals surface area contributed by atoms with Gasteiger partial charge in [0.15, 0.2) is 0 Å². The van der Waals surface area contributed by atoms with Crippen LogP contribution in [0.3, 0.4) is 0 Å². The largest absolute Gasteiger partial charge is 0.346 e. The number of aromatic nitrogens is 2. The number of nitrogens with zero attached hydrogens (tertiary/aromatic N) is 3. The molecular formula is C25H32N4O3S. The Bertz CT molecular complexity index is 1190. The third-order valence-electron chi connectivity index (χ3n) is 6.66. The summed E-state index contributed by atoms with van der Waals surface area (Å²) in [4.78, 5) is 22.7. The summed E-state index contributed by atoms with van der Waals surface area (Å²) < 4.78 is 26.7. The van der Waals surface area contributed by atoms with E-state index < -0.39 is 10.0 Å². The van der Waals surface area contributed by atoms with Gasteiger partial charge in [-0.3, -0.25) is 4.79 Å². The first kappa shape index (κ1) is 23.4. The maximum atomic E-state index is 12.8. The third kappa shape index (κ3) is 4.96. The molecule has 0 radical (unpaired) electrons. The van der Waals surface area contributed by atoms with Crippen LogP contribution in [0.25, 0.3) is 11.0 Å². The number of rotatable bonds is 8. The van der Waals surface area contributed by atoms with Crippen LogP contribution in [-0.2, 0) is 21.2 Å². The van der Waals surface area contributed by atoms with Crippen LogP contribution in [0.1, 0.15) is 50.2 Å². The van der Waals surface area contributed by atoms with Gasteiger partial charge in [-0.2, -0.15) is 4.31 Å². The number of carbonyl (C=O) groups excluding carboxylic acids is 1. The van der Waals surface area contributed by atoms with Crippen LogP contribution in [0.15, 0.2) is 53.7 Å². The average molecular weight is 469 g/mol. The Morgan fingerprint density at radius 2 is 1.82 bits per heavy atom. The molecule has 176 valence electrons. The maximum Gasteiger partial charge on any atom is 0.243 e. The van der Waals surface area contributed by atoms with Crippen molar-refractivity contribution in [3.05, 3.63) is 59.9 Å². The molecular weight excluding hydrogens is 436 g/mol. The number of aryl methyl sites for hydroxylation is 1. The van der Waals surface area contributed by atoms with E-state index in [-0.39, 0.29) is 5.91 Å². The second-order valence-electron chi connectivity index (χ2n) is 8.53. The van der Waals surface area contributed by atoms with Gasteiger partial charge >= 0.3 is 0 Å². The van der Waals surface area contributed by atoms with Crippen molar-refractivity contribution in [2.24, 2.45) is 0 Å². The Morgan fingerprint density at radius 3 is 2.48 bits per heavy atom. The van der Waals surface area contributed by atoms with Crippen LogP contribution in [0.4, 0.5) is 0 Å². The van der Waals surface area contributed by atoms with Crippen LogP contribution in [0.2, 0.25) is 0 Å². The van der Waals surface area contributed by atoms with E-state index in [0.717, 1.165) is 37.1 Å². The smallest absolute Gasteiger partial charge is 0.243 e. The lowest BCUT2D eigenvalue weighted by Crippen LogP contribution is -2.38. The normalized spacial score (nSPS) is 15.4. The van der Waals surface area contributed by atoms with E-state index in [0.29, 0.717) is 36.7 Å². The third-order valence-corrected chi connectivity index (χ3v) is 8.73. The number of hydrogen-bond acceptors (Lipinski definition) is 4. The fraction of sp³-hybridized carbons (Fsp3) is 0.440. The Morgan fingerprint density at radius 1 is 1.12 bits per heavy atom. The predicted molar refractivity (Wildman–Crippen MR) is 130 cm³/mol. The summed E-state index contributed by atoms with van der Waals surface area (Å²) in [6, 6.07) is 11.0. The maximum absolute atomic E-state index is 12.8. The molecule has 1 aliphatic heterocycles. The van der Waals surface area contributed by atoms with Gasteiger partial charge in [-0.05, 0) is 60.6 Å². The number of carbonyl (C=O) groups is 1. The molecule has 8 heteroatoms. The number of aromatic amines is 1. The minimum Gasteiger partial charge on any atom is -0.346 e. The van der Waals surface area contributed by atoms with Crippen molar-refractivity contribution < 1.29 is 13.2 Å². The molecule has 0 spiro atoms. The van der Waals surface area contributed by atoms with Crippen LogP contribution >= 0.6 is 0 Å². The minimum atomic E-state index is -3.45. The molecule has 0 atom stereocenters. The van der Waals surface area contributed by atoms with Gasteiger partial charge in [-0.25, -0.2) is 13.4 Å². The van der Waals surface area contributed by atoms with Crippen molar-refractivity contribution in [3.63, 3.8) is 0 Å². The Hall–Kier alpha value is -2.71. The zero-order chi connectivity index (χ0) is 23.4. The number of pyridine rings is 1. The van der Waals surface area contributed by atoms with Gasteiger partial charge in [0.25, 0.3) is 0 Å². The van der Waals surface area contributed by atoms with E-state index in [1.165, 1.54) is 15.3 Å². The van der Waals surface area contributed by atoms with Crippen LogP contribution in [0, 0.1) is 0 Å². The molecule has 7 nitrogen and oxygen atoms in total. The molecule has 0 saturated carbocycles.